The zero-order valence-corrected chi connectivity index (χ0v) is 15.3. The Balaban J connectivity index is 1.96. The molecule has 0 saturated heterocycles. The lowest BCUT2D eigenvalue weighted by Crippen LogP contribution is -2.14. The number of hydrogen-bond donors (Lipinski definition) is 2. The van der Waals surface area contributed by atoms with Crippen LogP contribution in [-0.2, 0) is 4.79 Å². The van der Waals surface area contributed by atoms with Gasteiger partial charge in [-0.25, -0.2) is 0 Å². The van der Waals surface area contributed by atoms with Gasteiger partial charge < -0.3 is 10.6 Å². The predicted molar refractivity (Wildman–Crippen MR) is 103 cm³/mol. The third kappa shape index (κ3) is 5.75. The van der Waals surface area contributed by atoms with E-state index in [1.165, 1.54) is 5.56 Å². The Kier molecular flexibility index (Phi) is 6.34. The first-order valence-corrected chi connectivity index (χ1v) is 8.66. The fourth-order valence-electron chi connectivity index (χ4n) is 2.44. The number of amides is 2. The first-order chi connectivity index (χ1) is 11.8. The Morgan fingerprint density at radius 2 is 1.32 bits per heavy atom. The van der Waals surface area contributed by atoms with E-state index in [4.69, 9.17) is 0 Å². The lowest BCUT2D eigenvalue weighted by molar-refractivity contribution is -0.116. The van der Waals surface area contributed by atoms with Crippen molar-refractivity contribution >= 4 is 23.2 Å². The van der Waals surface area contributed by atoms with Gasteiger partial charge in [0.1, 0.15) is 0 Å². The molecule has 2 N–H and O–H groups in total. The maximum Gasteiger partial charge on any atom is 0.255 e. The van der Waals surface area contributed by atoms with Crippen molar-refractivity contribution in [3.05, 3.63) is 59.7 Å². The second kappa shape index (κ2) is 8.47. The molecule has 0 aromatic heterocycles. The molecular weight excluding hydrogens is 312 g/mol. The van der Waals surface area contributed by atoms with Crippen LogP contribution in [0.1, 0.15) is 56.0 Å². The average Bonchev–Trinajstić information content (AvgIpc) is 2.56. The molecule has 4 heteroatoms. The molecule has 0 spiro atoms. The SMILES string of the molecule is CC(C)CC(=O)Nc1ccc(NC(=O)c2ccc(C(C)C)cc2)cc1. The van der Waals surface area contributed by atoms with E-state index in [0.29, 0.717) is 29.5 Å². The summed E-state index contributed by atoms with van der Waals surface area (Å²) in [7, 11) is 0. The predicted octanol–water partition coefficient (Wildman–Crippen LogP) is 5.05. The molecule has 0 fully saturated rings. The molecule has 0 aliphatic rings. The largest absolute Gasteiger partial charge is 0.326 e. The smallest absolute Gasteiger partial charge is 0.255 e. The molecule has 132 valence electrons. The van der Waals surface area contributed by atoms with Crippen LogP contribution in [0.4, 0.5) is 11.4 Å². The zero-order valence-electron chi connectivity index (χ0n) is 15.3. The van der Waals surface area contributed by atoms with Gasteiger partial charge in [0.15, 0.2) is 0 Å². The number of nitrogens with one attached hydrogen (secondary N) is 2. The Hall–Kier alpha value is -2.62. The molecule has 0 saturated carbocycles. The molecule has 2 aromatic carbocycles. The highest BCUT2D eigenvalue weighted by atomic mass is 16.2. The Labute approximate surface area is 149 Å². The van der Waals surface area contributed by atoms with Crippen molar-refractivity contribution in [1.82, 2.24) is 0 Å². The van der Waals surface area contributed by atoms with Crippen LogP contribution in [-0.4, -0.2) is 11.8 Å². The highest BCUT2D eigenvalue weighted by Gasteiger charge is 2.08. The third-order valence-corrected chi connectivity index (χ3v) is 3.86. The van der Waals surface area contributed by atoms with E-state index < -0.39 is 0 Å². The normalized spacial score (nSPS) is 10.8. The van der Waals surface area contributed by atoms with Gasteiger partial charge in [-0.3, -0.25) is 9.59 Å². The van der Waals surface area contributed by atoms with Crippen LogP contribution in [0.5, 0.6) is 0 Å². The summed E-state index contributed by atoms with van der Waals surface area (Å²) >= 11 is 0. The topological polar surface area (TPSA) is 58.2 Å². The lowest BCUT2D eigenvalue weighted by Gasteiger charge is -2.10. The van der Waals surface area contributed by atoms with Crippen LogP contribution in [0.2, 0.25) is 0 Å². The minimum Gasteiger partial charge on any atom is -0.326 e. The van der Waals surface area contributed by atoms with Gasteiger partial charge in [-0.05, 0) is 53.8 Å². The van der Waals surface area contributed by atoms with Crippen LogP contribution in [0.25, 0.3) is 0 Å². The number of carbonyl (C=O) groups is 2. The number of rotatable bonds is 6. The van der Waals surface area contributed by atoms with Crippen molar-refractivity contribution in [2.45, 2.75) is 40.0 Å². The third-order valence-electron chi connectivity index (χ3n) is 3.86. The van der Waals surface area contributed by atoms with Crippen LogP contribution < -0.4 is 10.6 Å². The van der Waals surface area contributed by atoms with Crippen LogP contribution in [0, 0.1) is 5.92 Å². The van der Waals surface area contributed by atoms with Gasteiger partial charge in [-0.2, -0.15) is 0 Å². The lowest BCUT2D eigenvalue weighted by atomic mass is 10.0. The van der Waals surface area contributed by atoms with Crippen LogP contribution >= 0.6 is 0 Å². The molecule has 0 atom stereocenters. The molecule has 0 aliphatic heterocycles. The summed E-state index contributed by atoms with van der Waals surface area (Å²) in [5.41, 5.74) is 3.25. The van der Waals surface area contributed by atoms with Gasteiger partial charge in [-0.1, -0.05) is 39.8 Å². The van der Waals surface area contributed by atoms with E-state index in [-0.39, 0.29) is 11.8 Å². The summed E-state index contributed by atoms with van der Waals surface area (Å²) in [6.07, 6.45) is 0.491. The quantitative estimate of drug-likeness (QED) is 0.774. The summed E-state index contributed by atoms with van der Waals surface area (Å²) in [5, 5.41) is 5.72. The summed E-state index contributed by atoms with van der Waals surface area (Å²) in [6, 6.07) is 14.8. The first-order valence-electron chi connectivity index (χ1n) is 8.66. The molecule has 0 heterocycles. The molecule has 4 nitrogen and oxygen atoms in total. The number of carbonyl (C=O) groups excluding carboxylic acids is 2. The Morgan fingerprint density at radius 1 is 0.800 bits per heavy atom. The fraction of sp³-hybridized carbons (Fsp3) is 0.333. The molecule has 0 unspecified atom stereocenters. The molecule has 2 amide bonds. The average molecular weight is 338 g/mol. The van der Waals surface area contributed by atoms with Crippen molar-refractivity contribution in [2.24, 2.45) is 5.92 Å². The van der Waals surface area contributed by atoms with E-state index in [1.54, 1.807) is 24.3 Å². The maximum atomic E-state index is 12.3. The van der Waals surface area contributed by atoms with Crippen molar-refractivity contribution in [1.29, 1.82) is 0 Å². The van der Waals surface area contributed by atoms with E-state index in [9.17, 15) is 9.59 Å². The number of anilines is 2. The van der Waals surface area contributed by atoms with Gasteiger partial charge in [0.2, 0.25) is 5.91 Å². The van der Waals surface area contributed by atoms with Crippen LogP contribution in [0.3, 0.4) is 0 Å². The van der Waals surface area contributed by atoms with Gasteiger partial charge in [0.25, 0.3) is 5.91 Å². The van der Waals surface area contributed by atoms with Gasteiger partial charge in [-0.15, -0.1) is 0 Å². The molecule has 2 rings (SSSR count). The summed E-state index contributed by atoms with van der Waals surface area (Å²) in [5.74, 6) is 0.611. The van der Waals surface area contributed by atoms with E-state index >= 15 is 0 Å². The molecule has 25 heavy (non-hydrogen) atoms. The highest BCUT2D eigenvalue weighted by Crippen LogP contribution is 2.17. The molecule has 0 radical (unpaired) electrons. The second-order valence-electron chi connectivity index (χ2n) is 6.95. The zero-order chi connectivity index (χ0) is 18.4. The maximum absolute atomic E-state index is 12.3. The summed E-state index contributed by atoms with van der Waals surface area (Å²) in [6.45, 7) is 8.25. The van der Waals surface area contributed by atoms with E-state index in [2.05, 4.69) is 24.5 Å². The number of benzene rings is 2. The monoisotopic (exact) mass is 338 g/mol. The molecular formula is C21H26N2O2. The van der Waals surface area contributed by atoms with E-state index in [0.717, 1.165) is 5.69 Å². The Bertz CT molecular complexity index is 717. The van der Waals surface area contributed by atoms with Crippen molar-refractivity contribution in [2.75, 3.05) is 10.6 Å². The highest BCUT2D eigenvalue weighted by molar-refractivity contribution is 6.04. The summed E-state index contributed by atoms with van der Waals surface area (Å²) < 4.78 is 0. The summed E-state index contributed by atoms with van der Waals surface area (Å²) in [4.78, 5) is 24.1. The van der Waals surface area contributed by atoms with Crippen molar-refractivity contribution in [3.63, 3.8) is 0 Å². The van der Waals surface area contributed by atoms with Crippen LogP contribution in [0.15, 0.2) is 48.5 Å². The fourth-order valence-corrected chi connectivity index (χ4v) is 2.44. The van der Waals surface area contributed by atoms with Crippen molar-refractivity contribution in [3.8, 4) is 0 Å². The molecule has 0 aliphatic carbocycles. The van der Waals surface area contributed by atoms with Gasteiger partial charge in [0.05, 0.1) is 0 Å². The minimum atomic E-state index is -0.146. The Morgan fingerprint density at radius 3 is 1.80 bits per heavy atom. The van der Waals surface area contributed by atoms with Gasteiger partial charge >= 0.3 is 0 Å². The molecule has 2 aromatic rings. The molecule has 0 bridgehead atoms. The number of hydrogen-bond acceptors (Lipinski definition) is 2. The minimum absolute atomic E-state index is 0.00275. The second-order valence-corrected chi connectivity index (χ2v) is 6.95. The van der Waals surface area contributed by atoms with Gasteiger partial charge in [0, 0.05) is 23.4 Å². The first kappa shape index (κ1) is 18.7. The van der Waals surface area contributed by atoms with E-state index in [1.807, 2.05) is 38.1 Å². The standard InChI is InChI=1S/C21H26N2O2/c1-14(2)13-20(24)22-18-9-11-19(12-10-18)23-21(25)17-7-5-16(6-8-17)15(3)4/h5-12,14-15H,13H2,1-4H3,(H,22,24)(H,23,25). The van der Waals surface area contributed by atoms with Crippen molar-refractivity contribution < 1.29 is 9.59 Å².